The molecule has 0 atom stereocenters. The fourth-order valence-corrected chi connectivity index (χ4v) is 2.45. The van der Waals surface area contributed by atoms with E-state index in [0.717, 1.165) is 39.1 Å². The van der Waals surface area contributed by atoms with E-state index in [9.17, 15) is 0 Å². The monoisotopic (exact) mass is 288 g/mol. The number of nitrogens with zero attached hydrogens (tertiary/aromatic N) is 2. The standard InChI is InChI=1S/C13H18N2S2.Na/c16-13(17)15-10-8-14(9-11-15)7-6-12-4-2-1-3-5-12;/h1-5H,6-11H2,(H,16,17);/q;+1/p-1. The first-order valence-electron chi connectivity index (χ1n) is 5.98. The number of hydrogen-bond acceptors (Lipinski definition) is 3. The van der Waals surface area contributed by atoms with E-state index in [2.05, 4.69) is 40.1 Å². The molecule has 0 unspecified atom stereocenters. The van der Waals surface area contributed by atoms with Crippen molar-refractivity contribution in [2.75, 3.05) is 32.7 Å². The molecule has 1 aliphatic heterocycles. The number of piperazine rings is 1. The number of hydrogen-bond donors (Lipinski definition) is 0. The first-order valence-corrected chi connectivity index (χ1v) is 6.79. The van der Waals surface area contributed by atoms with E-state index >= 15 is 0 Å². The van der Waals surface area contributed by atoms with Gasteiger partial charge in [-0.2, -0.15) is 0 Å². The van der Waals surface area contributed by atoms with Gasteiger partial charge in [0, 0.05) is 32.7 Å². The maximum atomic E-state index is 5.02. The largest absolute Gasteiger partial charge is 1.00 e. The fourth-order valence-electron chi connectivity index (χ4n) is 2.09. The van der Waals surface area contributed by atoms with Gasteiger partial charge in [-0.1, -0.05) is 34.7 Å². The third-order valence-electron chi connectivity index (χ3n) is 3.19. The Bertz CT molecular complexity index is 365. The van der Waals surface area contributed by atoms with Gasteiger partial charge in [0.25, 0.3) is 0 Å². The van der Waals surface area contributed by atoms with Gasteiger partial charge in [-0.05, 0) is 12.0 Å². The van der Waals surface area contributed by atoms with Crippen LogP contribution in [-0.2, 0) is 19.0 Å². The minimum absolute atomic E-state index is 0. The van der Waals surface area contributed by atoms with Crippen molar-refractivity contribution in [2.24, 2.45) is 0 Å². The molecule has 1 heterocycles. The molecule has 2 nitrogen and oxygen atoms in total. The van der Waals surface area contributed by atoms with E-state index in [1.54, 1.807) is 0 Å². The van der Waals surface area contributed by atoms with Crippen molar-refractivity contribution in [1.82, 2.24) is 9.80 Å². The van der Waals surface area contributed by atoms with E-state index in [1.165, 1.54) is 5.56 Å². The van der Waals surface area contributed by atoms with Crippen molar-refractivity contribution < 1.29 is 29.6 Å². The molecule has 0 spiro atoms. The Labute approximate surface area is 142 Å². The molecule has 0 saturated carbocycles. The Morgan fingerprint density at radius 2 is 1.72 bits per heavy atom. The summed E-state index contributed by atoms with van der Waals surface area (Å²) < 4.78 is 0.618. The third-order valence-corrected chi connectivity index (χ3v) is 3.71. The van der Waals surface area contributed by atoms with Crippen molar-refractivity contribution in [3.05, 3.63) is 35.9 Å². The molecule has 0 N–H and O–H groups in total. The van der Waals surface area contributed by atoms with Crippen LogP contribution in [0.4, 0.5) is 0 Å². The zero-order chi connectivity index (χ0) is 12.1. The normalized spacial score (nSPS) is 16.1. The van der Waals surface area contributed by atoms with Crippen molar-refractivity contribution in [3.8, 4) is 0 Å². The van der Waals surface area contributed by atoms with E-state index < -0.39 is 0 Å². The van der Waals surface area contributed by atoms with Crippen LogP contribution in [0.3, 0.4) is 0 Å². The van der Waals surface area contributed by atoms with Crippen LogP contribution in [0.25, 0.3) is 0 Å². The fraction of sp³-hybridized carbons (Fsp3) is 0.462. The molecule has 0 aromatic heterocycles. The molecular formula is C13H17N2NaS2. The summed E-state index contributed by atoms with van der Waals surface area (Å²) in [6.45, 7) is 5.24. The maximum absolute atomic E-state index is 5.02. The Hall–Kier alpha value is 0.290. The van der Waals surface area contributed by atoms with Gasteiger partial charge in [0.1, 0.15) is 0 Å². The summed E-state index contributed by atoms with van der Waals surface area (Å²) in [5, 5.41) is 0. The molecule has 0 aliphatic carbocycles. The van der Waals surface area contributed by atoms with Crippen LogP contribution in [0.2, 0.25) is 0 Å². The first-order chi connectivity index (χ1) is 8.25. The molecule has 5 heteroatoms. The predicted octanol–water partition coefficient (Wildman–Crippen LogP) is -1.32. The average Bonchev–Trinajstić information content (AvgIpc) is 2.38. The molecule has 1 fully saturated rings. The van der Waals surface area contributed by atoms with Gasteiger partial charge >= 0.3 is 29.6 Å². The summed E-state index contributed by atoms with van der Waals surface area (Å²) in [6, 6.07) is 10.6. The Morgan fingerprint density at radius 3 is 2.28 bits per heavy atom. The summed E-state index contributed by atoms with van der Waals surface area (Å²) in [4.78, 5) is 4.60. The predicted molar refractivity (Wildman–Crippen MR) is 78.1 cm³/mol. The van der Waals surface area contributed by atoms with Gasteiger partial charge in [0.2, 0.25) is 0 Å². The molecule has 1 aromatic rings. The summed E-state index contributed by atoms with van der Waals surface area (Å²) in [5.41, 5.74) is 1.41. The van der Waals surface area contributed by atoms with Crippen LogP contribution in [0.1, 0.15) is 5.56 Å². The molecule has 0 amide bonds. The molecule has 1 aromatic carbocycles. The van der Waals surface area contributed by atoms with Crippen LogP contribution in [0.15, 0.2) is 30.3 Å². The summed E-state index contributed by atoms with van der Waals surface area (Å²) in [6.07, 6.45) is 1.12. The average molecular weight is 288 g/mol. The number of benzene rings is 1. The van der Waals surface area contributed by atoms with Gasteiger partial charge in [-0.25, -0.2) is 0 Å². The van der Waals surface area contributed by atoms with Crippen molar-refractivity contribution in [2.45, 2.75) is 6.42 Å². The van der Waals surface area contributed by atoms with Gasteiger partial charge < -0.3 is 29.7 Å². The molecule has 0 radical (unpaired) electrons. The minimum atomic E-state index is 0. The zero-order valence-electron chi connectivity index (χ0n) is 10.8. The smallest absolute Gasteiger partial charge is 0.411 e. The molecule has 0 bridgehead atoms. The van der Waals surface area contributed by atoms with Crippen molar-refractivity contribution in [3.63, 3.8) is 0 Å². The molecular weight excluding hydrogens is 271 g/mol. The summed E-state index contributed by atoms with van der Waals surface area (Å²) >= 11 is 10.0. The van der Waals surface area contributed by atoms with Crippen LogP contribution in [0.5, 0.6) is 0 Å². The van der Waals surface area contributed by atoms with Crippen LogP contribution < -0.4 is 29.6 Å². The van der Waals surface area contributed by atoms with E-state index in [-0.39, 0.29) is 29.6 Å². The summed E-state index contributed by atoms with van der Waals surface area (Å²) in [7, 11) is 0. The van der Waals surface area contributed by atoms with Gasteiger partial charge in [-0.3, -0.25) is 4.90 Å². The molecule has 18 heavy (non-hydrogen) atoms. The van der Waals surface area contributed by atoms with Crippen LogP contribution >= 0.6 is 12.2 Å². The number of thiocarbonyl (C=S) groups is 1. The minimum Gasteiger partial charge on any atom is -0.411 e. The topological polar surface area (TPSA) is 6.48 Å². The van der Waals surface area contributed by atoms with Gasteiger partial charge in [0.15, 0.2) is 0 Å². The Balaban J connectivity index is 0.00000162. The third kappa shape index (κ3) is 5.11. The van der Waals surface area contributed by atoms with Crippen molar-refractivity contribution in [1.29, 1.82) is 0 Å². The Kier molecular flexibility index (Phi) is 7.68. The zero-order valence-corrected chi connectivity index (χ0v) is 14.5. The second-order valence-electron chi connectivity index (χ2n) is 4.33. The second kappa shape index (κ2) is 8.46. The quantitative estimate of drug-likeness (QED) is 0.387. The summed E-state index contributed by atoms with van der Waals surface area (Å²) in [5.74, 6) is 0. The van der Waals surface area contributed by atoms with Crippen molar-refractivity contribution >= 4 is 29.2 Å². The molecule has 92 valence electrons. The van der Waals surface area contributed by atoms with Crippen LogP contribution in [0, 0.1) is 0 Å². The molecule has 2 rings (SSSR count). The first kappa shape index (κ1) is 16.3. The molecule has 1 aliphatic rings. The SMILES string of the molecule is S=C([S-])N1CCN(CCc2ccccc2)CC1.[Na+]. The maximum Gasteiger partial charge on any atom is 1.00 e. The van der Waals surface area contributed by atoms with E-state index in [1.807, 2.05) is 0 Å². The Morgan fingerprint density at radius 1 is 1.11 bits per heavy atom. The molecule has 1 saturated heterocycles. The van der Waals surface area contributed by atoms with E-state index in [0.29, 0.717) is 4.32 Å². The second-order valence-corrected chi connectivity index (χ2v) is 5.36. The van der Waals surface area contributed by atoms with Gasteiger partial charge in [-0.15, -0.1) is 0 Å². The van der Waals surface area contributed by atoms with Crippen LogP contribution in [-0.4, -0.2) is 46.8 Å². The van der Waals surface area contributed by atoms with E-state index in [4.69, 9.17) is 24.8 Å². The number of rotatable bonds is 3. The van der Waals surface area contributed by atoms with Gasteiger partial charge in [0.05, 0.1) is 0 Å².